The summed E-state index contributed by atoms with van der Waals surface area (Å²) < 4.78 is 38.7. The Morgan fingerprint density at radius 3 is 2.32 bits per heavy atom. The van der Waals surface area contributed by atoms with Crippen molar-refractivity contribution in [2.75, 3.05) is 19.8 Å². The minimum absolute atomic E-state index is 0.0119. The highest BCUT2D eigenvalue weighted by Gasteiger charge is 2.27. The number of carbonyl (C=O) groups excluding carboxylic acids is 1. The number of amides is 1. The van der Waals surface area contributed by atoms with Crippen LogP contribution >= 0.6 is 0 Å². The Kier molecular flexibility index (Phi) is 6.49. The smallest absolute Gasteiger partial charge is 0.328 e. The maximum atomic E-state index is 12.5. The van der Waals surface area contributed by atoms with Crippen molar-refractivity contribution in [2.45, 2.75) is 36.6 Å². The second-order valence-electron chi connectivity index (χ2n) is 5.87. The molecule has 9 heteroatoms. The van der Waals surface area contributed by atoms with Gasteiger partial charge in [0.05, 0.1) is 4.90 Å². The Hall–Kier alpha value is -2.00. The number of carbonyl (C=O) groups is 2. The van der Waals surface area contributed by atoms with E-state index in [0.717, 1.165) is 18.4 Å². The molecular formula is C16H21FN2O5S. The zero-order valence-electron chi connectivity index (χ0n) is 13.7. The van der Waals surface area contributed by atoms with E-state index in [4.69, 9.17) is 5.11 Å². The highest BCUT2D eigenvalue weighted by molar-refractivity contribution is 7.89. The lowest BCUT2D eigenvalue weighted by Crippen LogP contribution is -2.42. The number of alkyl halides is 1. The first-order valence-corrected chi connectivity index (χ1v) is 9.46. The number of hydrogen-bond acceptors (Lipinski definition) is 4. The third-order valence-corrected chi connectivity index (χ3v) is 5.97. The lowest BCUT2D eigenvalue weighted by Gasteiger charge is -2.15. The van der Waals surface area contributed by atoms with Crippen molar-refractivity contribution >= 4 is 21.9 Å². The summed E-state index contributed by atoms with van der Waals surface area (Å²) >= 11 is 0. The average molecular weight is 372 g/mol. The number of carboxylic acids is 1. The molecule has 0 radical (unpaired) electrons. The molecule has 1 amide bonds. The number of benzene rings is 1. The van der Waals surface area contributed by atoms with Gasteiger partial charge in [0, 0.05) is 19.5 Å². The van der Waals surface area contributed by atoms with Gasteiger partial charge in [-0.1, -0.05) is 12.1 Å². The van der Waals surface area contributed by atoms with Crippen LogP contribution in [0.2, 0.25) is 0 Å². The van der Waals surface area contributed by atoms with E-state index in [0.29, 0.717) is 19.5 Å². The van der Waals surface area contributed by atoms with E-state index in [9.17, 15) is 22.4 Å². The predicted octanol–water partition coefficient (Wildman–Crippen LogP) is 0.943. The van der Waals surface area contributed by atoms with Crippen molar-refractivity contribution in [3.63, 3.8) is 0 Å². The summed E-state index contributed by atoms with van der Waals surface area (Å²) in [4.78, 5) is 22.5. The number of aryl methyl sites for hydroxylation is 1. The maximum absolute atomic E-state index is 12.5. The number of aliphatic carboxylic acids is 1. The van der Waals surface area contributed by atoms with E-state index in [1.54, 1.807) is 12.1 Å². The molecule has 1 aliphatic heterocycles. The van der Waals surface area contributed by atoms with Crippen molar-refractivity contribution in [2.24, 2.45) is 0 Å². The Labute approximate surface area is 145 Å². The van der Waals surface area contributed by atoms with Crippen molar-refractivity contribution in [3.8, 4) is 0 Å². The molecule has 1 aromatic carbocycles. The van der Waals surface area contributed by atoms with Crippen LogP contribution in [0.25, 0.3) is 0 Å². The molecule has 1 saturated heterocycles. The van der Waals surface area contributed by atoms with Crippen molar-refractivity contribution in [1.82, 2.24) is 9.62 Å². The zero-order chi connectivity index (χ0) is 18.4. The average Bonchev–Trinajstić information content (AvgIpc) is 3.13. The first-order valence-electron chi connectivity index (χ1n) is 8.02. The van der Waals surface area contributed by atoms with E-state index in [-0.39, 0.29) is 11.3 Å². The summed E-state index contributed by atoms with van der Waals surface area (Å²) in [6.07, 6.45) is 2.02. The minimum atomic E-state index is -3.47. The Bertz CT molecular complexity index is 715. The molecular weight excluding hydrogens is 351 g/mol. The Morgan fingerprint density at radius 2 is 1.80 bits per heavy atom. The maximum Gasteiger partial charge on any atom is 0.328 e. The van der Waals surface area contributed by atoms with E-state index in [1.807, 2.05) is 0 Å². The van der Waals surface area contributed by atoms with E-state index in [2.05, 4.69) is 5.32 Å². The van der Waals surface area contributed by atoms with Gasteiger partial charge in [-0.3, -0.25) is 4.79 Å². The third-order valence-electron chi connectivity index (χ3n) is 4.05. The molecule has 0 spiro atoms. The highest BCUT2D eigenvalue weighted by Crippen LogP contribution is 2.21. The first-order chi connectivity index (χ1) is 11.8. The molecule has 2 rings (SSSR count). The molecule has 25 heavy (non-hydrogen) atoms. The number of carboxylic acid groups (broad SMARTS) is 1. The third kappa shape index (κ3) is 4.99. The van der Waals surface area contributed by atoms with Gasteiger partial charge < -0.3 is 10.4 Å². The van der Waals surface area contributed by atoms with E-state index < -0.39 is 34.6 Å². The summed E-state index contributed by atoms with van der Waals surface area (Å²) in [6, 6.07) is 4.71. The molecule has 0 saturated carbocycles. The molecule has 1 atom stereocenters. The first kappa shape index (κ1) is 19.3. The topological polar surface area (TPSA) is 104 Å². The van der Waals surface area contributed by atoms with Crippen LogP contribution in [0.3, 0.4) is 0 Å². The number of nitrogens with zero attached hydrogens (tertiary/aromatic N) is 1. The lowest BCUT2D eigenvalue weighted by atomic mass is 10.1. The number of sulfonamides is 1. The molecule has 138 valence electrons. The molecule has 7 nitrogen and oxygen atoms in total. The van der Waals surface area contributed by atoms with Crippen LogP contribution in [0, 0.1) is 0 Å². The summed E-state index contributed by atoms with van der Waals surface area (Å²) in [5.41, 5.74) is 0.739. The van der Waals surface area contributed by atoms with Crippen molar-refractivity contribution in [3.05, 3.63) is 29.8 Å². The predicted molar refractivity (Wildman–Crippen MR) is 88.3 cm³/mol. The summed E-state index contributed by atoms with van der Waals surface area (Å²) in [5.74, 6) is -1.99. The zero-order valence-corrected chi connectivity index (χ0v) is 14.5. The molecule has 0 aliphatic carbocycles. The van der Waals surface area contributed by atoms with E-state index >= 15 is 0 Å². The number of halogens is 1. The SMILES string of the molecule is O=C(CCc1ccc(S(=O)(=O)N2CCCC2)cc1)NC(CF)C(=O)O. The van der Waals surface area contributed by atoms with Gasteiger partial charge >= 0.3 is 5.97 Å². The largest absolute Gasteiger partial charge is 0.480 e. The van der Waals surface area contributed by atoms with Gasteiger partial charge in [0.1, 0.15) is 6.67 Å². The molecule has 1 aliphatic rings. The van der Waals surface area contributed by atoms with Gasteiger partial charge in [-0.2, -0.15) is 4.31 Å². The van der Waals surface area contributed by atoms with Gasteiger partial charge in [0.15, 0.2) is 6.04 Å². The minimum Gasteiger partial charge on any atom is -0.480 e. The standard InChI is InChI=1S/C16H21FN2O5S/c17-11-14(16(21)22)18-15(20)8-5-12-3-6-13(7-4-12)25(23,24)19-9-1-2-10-19/h3-4,6-7,14H,1-2,5,8-11H2,(H,18,20)(H,21,22). The van der Waals surface area contributed by atoms with Crippen LogP contribution in [0.5, 0.6) is 0 Å². The fourth-order valence-corrected chi connectivity index (χ4v) is 4.11. The van der Waals surface area contributed by atoms with Crippen molar-refractivity contribution < 1.29 is 27.5 Å². The van der Waals surface area contributed by atoms with Crippen LogP contribution in [0.4, 0.5) is 4.39 Å². The molecule has 0 aromatic heterocycles. The van der Waals surface area contributed by atoms with Gasteiger partial charge in [-0.05, 0) is 37.0 Å². The second-order valence-corrected chi connectivity index (χ2v) is 7.81. The number of nitrogens with one attached hydrogen (secondary N) is 1. The molecule has 1 heterocycles. The fourth-order valence-electron chi connectivity index (χ4n) is 2.60. The van der Waals surface area contributed by atoms with Crippen molar-refractivity contribution in [1.29, 1.82) is 0 Å². The normalized spacial score (nSPS) is 16.5. The quantitative estimate of drug-likeness (QED) is 0.707. The molecule has 1 aromatic rings. The second kappa shape index (κ2) is 8.39. The summed E-state index contributed by atoms with van der Waals surface area (Å²) in [6.45, 7) is -0.114. The highest BCUT2D eigenvalue weighted by atomic mass is 32.2. The van der Waals surface area contributed by atoms with E-state index in [1.165, 1.54) is 16.4 Å². The Balaban J connectivity index is 1.92. The number of rotatable bonds is 8. The summed E-state index contributed by atoms with van der Waals surface area (Å²) in [7, 11) is -3.47. The molecule has 2 N–H and O–H groups in total. The van der Waals surface area contributed by atoms with Gasteiger partial charge in [0.2, 0.25) is 15.9 Å². The van der Waals surface area contributed by atoms with Crippen LogP contribution in [0.1, 0.15) is 24.8 Å². The Morgan fingerprint density at radius 1 is 1.20 bits per heavy atom. The molecule has 1 unspecified atom stereocenters. The fraction of sp³-hybridized carbons (Fsp3) is 0.500. The summed E-state index contributed by atoms with van der Waals surface area (Å²) in [5, 5.41) is 10.8. The van der Waals surface area contributed by atoms with Gasteiger partial charge in [0.25, 0.3) is 0 Å². The van der Waals surface area contributed by atoms with Crippen LogP contribution in [-0.2, 0) is 26.0 Å². The lowest BCUT2D eigenvalue weighted by molar-refractivity contribution is -0.142. The van der Waals surface area contributed by atoms with Crippen LogP contribution in [-0.4, -0.2) is 55.5 Å². The number of hydrogen-bond donors (Lipinski definition) is 2. The van der Waals surface area contributed by atoms with Gasteiger partial charge in [-0.15, -0.1) is 0 Å². The molecule has 1 fully saturated rings. The van der Waals surface area contributed by atoms with Gasteiger partial charge in [-0.25, -0.2) is 17.6 Å². The monoisotopic (exact) mass is 372 g/mol. The van der Waals surface area contributed by atoms with Crippen LogP contribution < -0.4 is 5.32 Å². The molecule has 0 bridgehead atoms. The van der Waals surface area contributed by atoms with Crippen LogP contribution in [0.15, 0.2) is 29.2 Å².